The lowest BCUT2D eigenvalue weighted by molar-refractivity contribution is -0.152. The van der Waals surface area contributed by atoms with Crippen molar-refractivity contribution in [3.05, 3.63) is 35.4 Å². The summed E-state index contributed by atoms with van der Waals surface area (Å²) in [5.41, 5.74) is 2.44. The van der Waals surface area contributed by atoms with Crippen LogP contribution >= 0.6 is 0 Å². The summed E-state index contributed by atoms with van der Waals surface area (Å²) in [6, 6.07) is 8.17. The number of fused-ring (bicyclic) bond motifs is 3. The van der Waals surface area contributed by atoms with Crippen molar-refractivity contribution in [1.82, 2.24) is 9.80 Å². The normalized spacial score (nSPS) is 28.5. The van der Waals surface area contributed by atoms with Crippen LogP contribution in [0.2, 0.25) is 0 Å². The summed E-state index contributed by atoms with van der Waals surface area (Å²) in [4.78, 5) is 29.2. The molecule has 0 spiro atoms. The van der Waals surface area contributed by atoms with Crippen LogP contribution in [0.25, 0.3) is 0 Å². The van der Waals surface area contributed by atoms with Gasteiger partial charge in [0.1, 0.15) is 0 Å². The van der Waals surface area contributed by atoms with E-state index < -0.39 is 6.37 Å². The molecular formula is C19H24N2O2. The van der Waals surface area contributed by atoms with Crippen molar-refractivity contribution in [1.29, 1.82) is 0 Å². The predicted octanol–water partition coefficient (Wildman–Crippen LogP) is 2.53. The highest BCUT2D eigenvalue weighted by Gasteiger charge is 2.39. The first-order valence-electron chi connectivity index (χ1n) is 9.61. The molecule has 1 saturated carbocycles. The van der Waals surface area contributed by atoms with Gasteiger partial charge in [-0.3, -0.25) is 9.59 Å². The van der Waals surface area contributed by atoms with Gasteiger partial charge in [0.2, 0.25) is 11.8 Å². The largest absolute Gasteiger partial charge is 0.332 e. The maximum Gasteiger partial charge on any atom is 0.242 e. The zero-order valence-electron chi connectivity index (χ0n) is 15.3. The van der Waals surface area contributed by atoms with E-state index in [1.807, 2.05) is 17.0 Å². The zero-order valence-corrected chi connectivity index (χ0v) is 13.3. The van der Waals surface area contributed by atoms with Crippen LogP contribution in [0.15, 0.2) is 24.3 Å². The highest BCUT2D eigenvalue weighted by molar-refractivity contribution is 5.87. The van der Waals surface area contributed by atoms with E-state index in [0.29, 0.717) is 32.2 Å². The Morgan fingerprint density at radius 1 is 1.22 bits per heavy atom. The van der Waals surface area contributed by atoms with E-state index in [-0.39, 0.29) is 30.3 Å². The highest BCUT2D eigenvalue weighted by atomic mass is 16.2. The number of hydrogen-bond donors (Lipinski definition) is 0. The Morgan fingerprint density at radius 3 is 2.83 bits per heavy atom. The third-order valence-electron chi connectivity index (χ3n) is 5.45. The van der Waals surface area contributed by atoms with Crippen LogP contribution in [0, 0.1) is 5.92 Å². The molecule has 0 N–H and O–H groups in total. The zero-order chi connectivity index (χ0) is 17.6. The number of hydrogen-bond acceptors (Lipinski definition) is 2. The maximum atomic E-state index is 12.9. The van der Waals surface area contributed by atoms with Crippen molar-refractivity contribution >= 4 is 11.8 Å². The lowest BCUT2D eigenvalue weighted by Crippen LogP contribution is -2.56. The van der Waals surface area contributed by atoms with E-state index in [4.69, 9.17) is 2.74 Å². The second kappa shape index (κ2) is 5.99. The van der Waals surface area contributed by atoms with Crippen molar-refractivity contribution in [3.8, 4) is 0 Å². The third-order valence-corrected chi connectivity index (χ3v) is 5.45. The number of rotatable bonds is 1. The Morgan fingerprint density at radius 2 is 2.00 bits per heavy atom. The molecule has 2 amide bonds. The molecule has 4 rings (SSSR count). The van der Waals surface area contributed by atoms with Gasteiger partial charge in [0.15, 0.2) is 0 Å². The SMILES string of the molecule is [2H]C1([2H])CCC(C(=O)N2CC(=O)N3CCc4ccccc4C3C2)CC1. The van der Waals surface area contributed by atoms with E-state index in [9.17, 15) is 9.59 Å². The van der Waals surface area contributed by atoms with Gasteiger partial charge in [-0.25, -0.2) is 0 Å². The molecule has 2 fully saturated rings. The van der Waals surface area contributed by atoms with Gasteiger partial charge in [-0.05, 0) is 30.4 Å². The summed E-state index contributed by atoms with van der Waals surface area (Å²) in [5.74, 6) is -0.0705. The molecule has 1 saturated heterocycles. The monoisotopic (exact) mass is 314 g/mol. The second-order valence-electron chi connectivity index (χ2n) is 6.79. The fourth-order valence-corrected chi connectivity index (χ4v) is 4.17. The van der Waals surface area contributed by atoms with Crippen molar-refractivity contribution < 1.29 is 12.3 Å². The number of carbonyl (C=O) groups excluding carboxylic acids is 2. The molecule has 1 aromatic carbocycles. The van der Waals surface area contributed by atoms with E-state index in [0.717, 1.165) is 13.0 Å². The molecule has 4 nitrogen and oxygen atoms in total. The van der Waals surface area contributed by atoms with Crippen LogP contribution in [0.3, 0.4) is 0 Å². The summed E-state index contributed by atoms with van der Waals surface area (Å²) < 4.78 is 15.6. The van der Waals surface area contributed by atoms with E-state index >= 15 is 0 Å². The minimum Gasteiger partial charge on any atom is -0.332 e. The molecule has 4 heteroatoms. The lowest BCUT2D eigenvalue weighted by Gasteiger charge is -2.45. The molecule has 1 aromatic rings. The van der Waals surface area contributed by atoms with E-state index in [1.54, 1.807) is 4.90 Å². The number of nitrogens with zero attached hydrogens (tertiary/aromatic N) is 2. The number of amides is 2. The average molecular weight is 314 g/mol. The van der Waals surface area contributed by atoms with Gasteiger partial charge < -0.3 is 9.80 Å². The van der Waals surface area contributed by atoms with Gasteiger partial charge in [0, 0.05) is 21.7 Å². The van der Waals surface area contributed by atoms with Gasteiger partial charge >= 0.3 is 0 Å². The molecular weight excluding hydrogens is 288 g/mol. The molecule has 0 aromatic heterocycles. The molecule has 0 bridgehead atoms. The van der Waals surface area contributed by atoms with Crippen LogP contribution in [-0.4, -0.2) is 41.2 Å². The summed E-state index contributed by atoms with van der Waals surface area (Å²) in [6.45, 7) is 1.46. The fourth-order valence-electron chi connectivity index (χ4n) is 4.17. The fraction of sp³-hybridized carbons (Fsp3) is 0.579. The first kappa shape index (κ1) is 12.6. The van der Waals surface area contributed by atoms with Crippen LogP contribution in [0.4, 0.5) is 0 Å². The van der Waals surface area contributed by atoms with Crippen LogP contribution in [-0.2, 0) is 16.0 Å². The van der Waals surface area contributed by atoms with Gasteiger partial charge in [0.05, 0.1) is 12.6 Å². The van der Waals surface area contributed by atoms with Gasteiger partial charge in [-0.15, -0.1) is 0 Å². The van der Waals surface area contributed by atoms with Gasteiger partial charge in [-0.2, -0.15) is 0 Å². The predicted molar refractivity (Wildman–Crippen MR) is 87.8 cm³/mol. The van der Waals surface area contributed by atoms with Gasteiger partial charge in [0.25, 0.3) is 0 Å². The average Bonchev–Trinajstić information content (AvgIpc) is 2.61. The van der Waals surface area contributed by atoms with E-state index in [1.165, 1.54) is 11.1 Å². The summed E-state index contributed by atoms with van der Waals surface area (Å²) in [5, 5.41) is 0. The van der Waals surface area contributed by atoms with Crippen LogP contribution in [0.1, 0.15) is 52.0 Å². The highest BCUT2D eigenvalue weighted by Crippen LogP contribution is 2.34. The van der Waals surface area contributed by atoms with Crippen molar-refractivity contribution in [2.24, 2.45) is 5.92 Å². The Kier molecular flexibility index (Phi) is 3.27. The standard InChI is InChI=1S/C19H24N2O2/c22-18-13-20(19(23)15-7-2-1-3-8-15)12-17-16-9-5-4-6-14(16)10-11-21(17)18/h4-6,9,15,17H,1-3,7-8,10-13H2/i1D2. The minimum absolute atomic E-state index is 0.0326. The molecule has 122 valence electrons. The molecule has 1 atom stereocenters. The topological polar surface area (TPSA) is 40.6 Å². The summed E-state index contributed by atoms with van der Waals surface area (Å²) in [7, 11) is 0. The third kappa shape index (κ3) is 2.64. The van der Waals surface area contributed by atoms with Crippen molar-refractivity contribution in [2.45, 2.75) is 44.5 Å². The Hall–Kier alpha value is -1.84. The van der Waals surface area contributed by atoms with E-state index in [2.05, 4.69) is 12.1 Å². The number of carbonyl (C=O) groups is 2. The Labute approximate surface area is 140 Å². The molecule has 1 aliphatic carbocycles. The maximum absolute atomic E-state index is 12.9. The van der Waals surface area contributed by atoms with Crippen molar-refractivity contribution in [3.63, 3.8) is 0 Å². The quantitative estimate of drug-likeness (QED) is 0.799. The minimum atomic E-state index is -1.15. The molecule has 0 radical (unpaired) electrons. The summed E-state index contributed by atoms with van der Waals surface area (Å²) in [6.07, 6.45) is 1.77. The number of piperazine rings is 1. The molecule has 23 heavy (non-hydrogen) atoms. The molecule has 2 heterocycles. The van der Waals surface area contributed by atoms with Crippen LogP contribution in [0.5, 0.6) is 0 Å². The van der Waals surface area contributed by atoms with Crippen molar-refractivity contribution in [2.75, 3.05) is 19.6 Å². The smallest absolute Gasteiger partial charge is 0.242 e. The summed E-state index contributed by atoms with van der Waals surface area (Å²) >= 11 is 0. The Balaban J connectivity index is 1.52. The second-order valence-corrected chi connectivity index (χ2v) is 6.79. The van der Waals surface area contributed by atoms with Crippen LogP contribution < -0.4 is 0 Å². The first-order valence-corrected chi connectivity index (χ1v) is 8.61. The molecule has 3 aliphatic rings. The lowest BCUT2D eigenvalue weighted by atomic mass is 9.87. The van der Waals surface area contributed by atoms with Gasteiger partial charge in [-0.1, -0.05) is 43.5 Å². The number of benzene rings is 1. The Bertz CT molecular complexity index is 696. The molecule has 2 aliphatic heterocycles. The first-order chi connectivity index (χ1) is 11.9. The molecule has 1 unspecified atom stereocenters.